The van der Waals surface area contributed by atoms with E-state index in [-0.39, 0.29) is 11.8 Å². The molecule has 0 aliphatic rings. The summed E-state index contributed by atoms with van der Waals surface area (Å²) in [5, 5.41) is 7.11. The molecule has 0 radical (unpaired) electrons. The lowest BCUT2D eigenvalue weighted by atomic mass is 10.0. The highest BCUT2D eigenvalue weighted by molar-refractivity contribution is 7.10. The van der Waals surface area contributed by atoms with Gasteiger partial charge in [-0.1, -0.05) is 34.8 Å². The van der Waals surface area contributed by atoms with Crippen LogP contribution in [-0.2, 0) is 4.79 Å². The van der Waals surface area contributed by atoms with Crippen molar-refractivity contribution in [3.05, 3.63) is 42.1 Å². The lowest BCUT2D eigenvalue weighted by Gasteiger charge is -2.10. The van der Waals surface area contributed by atoms with E-state index in [1.165, 1.54) is 11.5 Å². The predicted octanol–water partition coefficient (Wildman–Crippen LogP) is 2.28. The number of hydrogen-bond donors (Lipinski definition) is 1. The molecule has 0 aliphatic carbocycles. The highest BCUT2D eigenvalue weighted by Crippen LogP contribution is 2.18. The van der Waals surface area contributed by atoms with E-state index in [0.29, 0.717) is 5.00 Å². The first kappa shape index (κ1) is 10.8. The van der Waals surface area contributed by atoms with Gasteiger partial charge in [0.05, 0.1) is 12.1 Å². The molecule has 0 bridgehead atoms. The molecule has 2 aromatic rings. The van der Waals surface area contributed by atoms with Gasteiger partial charge in [-0.3, -0.25) is 4.79 Å². The van der Waals surface area contributed by atoms with Crippen molar-refractivity contribution >= 4 is 22.4 Å². The van der Waals surface area contributed by atoms with Gasteiger partial charge in [0.15, 0.2) is 0 Å². The van der Waals surface area contributed by atoms with Gasteiger partial charge >= 0.3 is 0 Å². The molecule has 1 heterocycles. The molecule has 0 fully saturated rings. The molecule has 1 amide bonds. The number of rotatable bonds is 3. The van der Waals surface area contributed by atoms with Gasteiger partial charge in [-0.25, -0.2) is 0 Å². The van der Waals surface area contributed by atoms with Crippen molar-refractivity contribution in [2.24, 2.45) is 0 Å². The van der Waals surface area contributed by atoms with E-state index in [2.05, 4.69) is 14.9 Å². The number of benzene rings is 1. The van der Waals surface area contributed by atoms with Gasteiger partial charge in [-0.05, 0) is 12.5 Å². The number of amides is 1. The van der Waals surface area contributed by atoms with Crippen molar-refractivity contribution in [2.45, 2.75) is 12.8 Å². The van der Waals surface area contributed by atoms with E-state index in [9.17, 15) is 4.79 Å². The van der Waals surface area contributed by atoms with Crippen LogP contribution in [0, 0.1) is 0 Å². The highest BCUT2D eigenvalue weighted by Gasteiger charge is 2.15. The number of anilines is 1. The number of aromatic nitrogens is 2. The zero-order valence-electron chi connectivity index (χ0n) is 8.75. The normalized spacial score (nSPS) is 12.1. The average molecular weight is 233 g/mol. The van der Waals surface area contributed by atoms with Gasteiger partial charge in [0.2, 0.25) is 5.91 Å². The van der Waals surface area contributed by atoms with Gasteiger partial charge in [-0.15, -0.1) is 5.10 Å². The highest BCUT2D eigenvalue weighted by atomic mass is 32.1. The topological polar surface area (TPSA) is 54.9 Å². The Balaban J connectivity index is 2.05. The lowest BCUT2D eigenvalue weighted by molar-refractivity contribution is -0.117. The predicted molar refractivity (Wildman–Crippen MR) is 63.4 cm³/mol. The van der Waals surface area contributed by atoms with E-state index >= 15 is 0 Å². The van der Waals surface area contributed by atoms with E-state index in [1.54, 1.807) is 6.20 Å². The smallest absolute Gasteiger partial charge is 0.232 e. The Morgan fingerprint density at radius 2 is 2.12 bits per heavy atom. The Morgan fingerprint density at radius 1 is 1.38 bits per heavy atom. The van der Waals surface area contributed by atoms with E-state index < -0.39 is 0 Å². The molecule has 4 nitrogen and oxygen atoms in total. The summed E-state index contributed by atoms with van der Waals surface area (Å²) < 4.78 is 3.68. The molecular weight excluding hydrogens is 222 g/mol. The standard InChI is InChI=1S/C11H11N3OS/c1-8(9-5-3-2-4-6-9)11(15)13-10-7-12-14-16-10/h2-8H,1H3,(H,13,15). The van der Waals surface area contributed by atoms with Gasteiger partial charge in [0.1, 0.15) is 5.00 Å². The van der Waals surface area contributed by atoms with Gasteiger partial charge in [0.25, 0.3) is 0 Å². The molecule has 82 valence electrons. The van der Waals surface area contributed by atoms with Crippen LogP contribution in [0.1, 0.15) is 18.4 Å². The second-order valence-corrected chi connectivity index (χ2v) is 4.19. The molecule has 1 unspecified atom stereocenters. The van der Waals surface area contributed by atoms with Crippen LogP contribution < -0.4 is 5.32 Å². The Morgan fingerprint density at radius 3 is 2.75 bits per heavy atom. The Hall–Kier alpha value is -1.75. The largest absolute Gasteiger partial charge is 0.315 e. The van der Waals surface area contributed by atoms with Gasteiger partial charge in [-0.2, -0.15) is 0 Å². The molecule has 5 heteroatoms. The fourth-order valence-corrected chi connectivity index (χ4v) is 1.77. The molecule has 0 aliphatic heterocycles. The van der Waals surface area contributed by atoms with Crippen LogP contribution in [0.4, 0.5) is 5.00 Å². The SMILES string of the molecule is CC(C(=O)Nc1cnns1)c1ccccc1. The second-order valence-electron chi connectivity index (χ2n) is 3.40. The quantitative estimate of drug-likeness (QED) is 0.884. The van der Waals surface area contributed by atoms with Crippen molar-refractivity contribution in [3.8, 4) is 0 Å². The molecule has 2 rings (SSSR count). The summed E-state index contributed by atoms with van der Waals surface area (Å²) in [7, 11) is 0. The fraction of sp³-hybridized carbons (Fsp3) is 0.182. The third-order valence-electron chi connectivity index (χ3n) is 2.30. The van der Waals surface area contributed by atoms with Crippen LogP contribution in [0.5, 0.6) is 0 Å². The molecule has 1 aromatic heterocycles. The maximum Gasteiger partial charge on any atom is 0.232 e. The third kappa shape index (κ3) is 2.43. The number of hydrogen-bond acceptors (Lipinski definition) is 4. The van der Waals surface area contributed by atoms with Gasteiger partial charge in [0, 0.05) is 11.5 Å². The van der Waals surface area contributed by atoms with Crippen molar-refractivity contribution in [1.29, 1.82) is 0 Å². The Kier molecular flexibility index (Phi) is 3.26. The molecule has 0 saturated carbocycles. The first-order chi connectivity index (χ1) is 7.77. The first-order valence-electron chi connectivity index (χ1n) is 4.90. The molecule has 0 spiro atoms. The maximum atomic E-state index is 11.9. The summed E-state index contributed by atoms with van der Waals surface area (Å²) in [4.78, 5) is 11.9. The van der Waals surface area contributed by atoms with Crippen LogP contribution in [0.15, 0.2) is 36.5 Å². The van der Waals surface area contributed by atoms with E-state index in [1.807, 2.05) is 37.3 Å². The minimum absolute atomic E-state index is 0.0442. The Labute approximate surface area is 97.5 Å². The summed E-state index contributed by atoms with van der Waals surface area (Å²) in [6.07, 6.45) is 1.54. The molecule has 1 N–H and O–H groups in total. The number of nitrogens with zero attached hydrogens (tertiary/aromatic N) is 2. The number of carbonyl (C=O) groups excluding carboxylic acids is 1. The van der Waals surface area contributed by atoms with E-state index in [4.69, 9.17) is 0 Å². The summed E-state index contributed by atoms with van der Waals surface area (Å²) >= 11 is 1.17. The van der Waals surface area contributed by atoms with Crippen LogP contribution in [0.25, 0.3) is 0 Å². The third-order valence-corrected chi connectivity index (χ3v) is 2.88. The second kappa shape index (κ2) is 4.85. The monoisotopic (exact) mass is 233 g/mol. The molecule has 16 heavy (non-hydrogen) atoms. The maximum absolute atomic E-state index is 11.9. The summed E-state index contributed by atoms with van der Waals surface area (Å²) in [6.45, 7) is 1.87. The van der Waals surface area contributed by atoms with Crippen LogP contribution in [0.3, 0.4) is 0 Å². The van der Waals surface area contributed by atoms with Gasteiger partial charge < -0.3 is 5.32 Å². The lowest BCUT2D eigenvalue weighted by Crippen LogP contribution is -2.18. The number of nitrogens with one attached hydrogen (secondary N) is 1. The summed E-state index contributed by atoms with van der Waals surface area (Å²) in [6, 6.07) is 9.66. The first-order valence-corrected chi connectivity index (χ1v) is 5.68. The molecule has 0 saturated heterocycles. The van der Waals surface area contributed by atoms with Crippen molar-refractivity contribution in [3.63, 3.8) is 0 Å². The minimum Gasteiger partial charge on any atom is -0.315 e. The fourth-order valence-electron chi connectivity index (χ4n) is 1.34. The van der Waals surface area contributed by atoms with E-state index in [0.717, 1.165) is 5.56 Å². The molecule has 1 aromatic carbocycles. The van der Waals surface area contributed by atoms with Crippen LogP contribution >= 0.6 is 11.5 Å². The minimum atomic E-state index is -0.178. The van der Waals surface area contributed by atoms with Crippen LogP contribution in [-0.4, -0.2) is 15.5 Å². The van der Waals surface area contributed by atoms with Crippen molar-refractivity contribution in [2.75, 3.05) is 5.32 Å². The molecular formula is C11H11N3OS. The summed E-state index contributed by atoms with van der Waals surface area (Å²) in [5.41, 5.74) is 0.998. The van der Waals surface area contributed by atoms with Crippen LogP contribution in [0.2, 0.25) is 0 Å². The molecule has 1 atom stereocenters. The zero-order valence-corrected chi connectivity index (χ0v) is 9.57. The van der Waals surface area contributed by atoms with Crippen molar-refractivity contribution in [1.82, 2.24) is 9.59 Å². The summed E-state index contributed by atoms with van der Waals surface area (Å²) in [5.74, 6) is -0.222. The Bertz CT molecular complexity index is 455. The van der Waals surface area contributed by atoms with Crippen molar-refractivity contribution < 1.29 is 4.79 Å². The zero-order chi connectivity index (χ0) is 11.4. The average Bonchev–Trinajstić information content (AvgIpc) is 2.82. The number of carbonyl (C=O) groups is 1.